The van der Waals surface area contributed by atoms with Crippen molar-refractivity contribution in [3.63, 3.8) is 0 Å². The number of rotatable bonds is 1. The van der Waals surface area contributed by atoms with Gasteiger partial charge in [-0.2, -0.15) is 0 Å². The Labute approximate surface area is 92.3 Å². The number of hydrogen-bond donors (Lipinski definition) is 1. The molecular formula is C11H21NO2S. The largest absolute Gasteiger partial charge is 0.324 e. The Morgan fingerprint density at radius 3 is 1.93 bits per heavy atom. The predicted octanol–water partition coefficient (Wildman–Crippen LogP) is 1.33. The molecule has 2 N–H and O–H groups in total. The smallest absolute Gasteiger partial charge is 0.155 e. The van der Waals surface area contributed by atoms with E-state index in [1.807, 2.05) is 13.8 Å². The van der Waals surface area contributed by atoms with E-state index in [1.165, 1.54) is 0 Å². The molecule has 1 heterocycles. The molecule has 15 heavy (non-hydrogen) atoms. The molecule has 2 unspecified atom stereocenters. The zero-order valence-electron chi connectivity index (χ0n) is 10.0. The van der Waals surface area contributed by atoms with Crippen LogP contribution in [0.25, 0.3) is 0 Å². The standard InChI is InChI=1S/C11H21NO2S/c1-9(2)7-11(9,12)8-5-6-15(13,14)10(8,3)4/h8H,5-7,12H2,1-4H3. The lowest BCUT2D eigenvalue weighted by Gasteiger charge is -2.33. The summed E-state index contributed by atoms with van der Waals surface area (Å²) in [5.74, 6) is 0.421. The second-order valence-corrected chi connectivity index (χ2v) is 9.05. The molecular weight excluding hydrogens is 210 g/mol. The van der Waals surface area contributed by atoms with Gasteiger partial charge in [0.2, 0.25) is 0 Å². The van der Waals surface area contributed by atoms with Gasteiger partial charge in [0, 0.05) is 5.54 Å². The zero-order chi connectivity index (χ0) is 11.7. The van der Waals surface area contributed by atoms with Gasteiger partial charge in [-0.3, -0.25) is 0 Å². The van der Waals surface area contributed by atoms with Gasteiger partial charge in [0.15, 0.2) is 9.84 Å². The maximum Gasteiger partial charge on any atom is 0.155 e. The minimum Gasteiger partial charge on any atom is -0.324 e. The van der Waals surface area contributed by atoms with E-state index in [-0.39, 0.29) is 16.9 Å². The Kier molecular flexibility index (Phi) is 1.97. The molecule has 0 amide bonds. The molecule has 0 aromatic carbocycles. The molecule has 2 aliphatic rings. The van der Waals surface area contributed by atoms with Gasteiger partial charge in [0.05, 0.1) is 10.5 Å². The van der Waals surface area contributed by atoms with Gasteiger partial charge in [-0.1, -0.05) is 13.8 Å². The fourth-order valence-electron chi connectivity index (χ4n) is 3.26. The first kappa shape index (κ1) is 11.4. The average molecular weight is 231 g/mol. The van der Waals surface area contributed by atoms with E-state index in [9.17, 15) is 8.42 Å². The second kappa shape index (κ2) is 2.59. The second-order valence-electron chi connectivity index (χ2n) is 6.36. The van der Waals surface area contributed by atoms with Crippen LogP contribution in [-0.4, -0.2) is 24.5 Å². The van der Waals surface area contributed by atoms with Crippen molar-refractivity contribution in [2.24, 2.45) is 17.1 Å². The van der Waals surface area contributed by atoms with Crippen LogP contribution in [0.15, 0.2) is 0 Å². The van der Waals surface area contributed by atoms with Crippen LogP contribution < -0.4 is 5.73 Å². The molecule has 88 valence electrons. The topological polar surface area (TPSA) is 60.2 Å². The molecule has 0 radical (unpaired) electrons. The minimum absolute atomic E-state index is 0.106. The lowest BCUT2D eigenvalue weighted by Crippen LogP contribution is -2.47. The molecule has 2 rings (SSSR count). The monoisotopic (exact) mass is 231 g/mol. The molecule has 0 spiro atoms. The van der Waals surface area contributed by atoms with Crippen LogP contribution in [-0.2, 0) is 9.84 Å². The lowest BCUT2D eigenvalue weighted by molar-refractivity contribution is 0.287. The van der Waals surface area contributed by atoms with E-state index in [4.69, 9.17) is 5.73 Å². The fourth-order valence-corrected chi connectivity index (χ4v) is 5.09. The quantitative estimate of drug-likeness (QED) is 0.740. The van der Waals surface area contributed by atoms with Gasteiger partial charge in [0.25, 0.3) is 0 Å². The highest BCUT2D eigenvalue weighted by atomic mass is 32.2. The fraction of sp³-hybridized carbons (Fsp3) is 1.00. The molecule has 1 aliphatic heterocycles. The first-order valence-corrected chi connectivity index (χ1v) is 7.21. The molecule has 3 nitrogen and oxygen atoms in total. The van der Waals surface area contributed by atoms with Crippen molar-refractivity contribution in [2.45, 2.75) is 50.8 Å². The van der Waals surface area contributed by atoms with Crippen LogP contribution in [0.3, 0.4) is 0 Å². The summed E-state index contributed by atoms with van der Waals surface area (Å²) in [7, 11) is -2.95. The Hall–Kier alpha value is -0.0900. The zero-order valence-corrected chi connectivity index (χ0v) is 10.8. The SMILES string of the molecule is CC1(C)CC1(N)C1CCS(=O)(=O)C1(C)C. The van der Waals surface area contributed by atoms with Gasteiger partial charge < -0.3 is 5.73 Å². The van der Waals surface area contributed by atoms with Crippen molar-refractivity contribution in [1.29, 1.82) is 0 Å². The Bertz CT molecular complexity index is 397. The van der Waals surface area contributed by atoms with E-state index in [1.54, 1.807) is 0 Å². The highest BCUT2D eigenvalue weighted by molar-refractivity contribution is 7.93. The van der Waals surface area contributed by atoms with E-state index < -0.39 is 14.6 Å². The summed E-state index contributed by atoms with van der Waals surface area (Å²) in [5.41, 5.74) is 6.20. The van der Waals surface area contributed by atoms with Gasteiger partial charge in [-0.05, 0) is 38.0 Å². The average Bonchev–Trinajstić information content (AvgIpc) is 2.40. The lowest BCUT2D eigenvalue weighted by atomic mass is 9.80. The third-order valence-corrected chi connectivity index (χ3v) is 7.47. The van der Waals surface area contributed by atoms with E-state index in [2.05, 4.69) is 13.8 Å². The number of sulfone groups is 1. The Balaban J connectivity index is 2.36. The summed E-state index contributed by atoms with van der Waals surface area (Å²) in [6.07, 6.45) is 1.68. The third kappa shape index (κ3) is 1.24. The van der Waals surface area contributed by atoms with Crippen LogP contribution in [0.1, 0.15) is 40.5 Å². The highest BCUT2D eigenvalue weighted by Crippen LogP contribution is 2.63. The maximum atomic E-state index is 11.9. The Morgan fingerprint density at radius 1 is 1.20 bits per heavy atom. The summed E-state index contributed by atoms with van der Waals surface area (Å²) in [5, 5.41) is 0. The summed E-state index contributed by atoms with van der Waals surface area (Å²) < 4.78 is 23.2. The molecule has 2 atom stereocenters. The Morgan fingerprint density at radius 2 is 1.67 bits per heavy atom. The molecule has 0 aromatic heterocycles. The van der Waals surface area contributed by atoms with Crippen LogP contribution in [0.4, 0.5) is 0 Å². The molecule has 1 aliphatic carbocycles. The first-order chi connectivity index (χ1) is 6.55. The van der Waals surface area contributed by atoms with Gasteiger partial charge in [0.1, 0.15) is 0 Å². The van der Waals surface area contributed by atoms with Crippen LogP contribution in [0.2, 0.25) is 0 Å². The van der Waals surface area contributed by atoms with Crippen LogP contribution in [0.5, 0.6) is 0 Å². The van der Waals surface area contributed by atoms with E-state index >= 15 is 0 Å². The number of nitrogens with two attached hydrogens (primary N) is 1. The van der Waals surface area contributed by atoms with Crippen molar-refractivity contribution < 1.29 is 8.42 Å². The summed E-state index contributed by atoms with van der Waals surface area (Å²) >= 11 is 0. The molecule has 1 saturated carbocycles. The molecule has 0 aromatic rings. The molecule has 0 bridgehead atoms. The van der Waals surface area contributed by atoms with Crippen molar-refractivity contribution in [1.82, 2.24) is 0 Å². The maximum absolute atomic E-state index is 11.9. The minimum atomic E-state index is -2.95. The highest BCUT2D eigenvalue weighted by Gasteiger charge is 2.68. The van der Waals surface area contributed by atoms with E-state index in [0.717, 1.165) is 12.8 Å². The summed E-state index contributed by atoms with van der Waals surface area (Å²) in [6.45, 7) is 7.94. The molecule has 4 heteroatoms. The van der Waals surface area contributed by atoms with Gasteiger partial charge in [-0.25, -0.2) is 8.42 Å². The molecule has 1 saturated heterocycles. The van der Waals surface area contributed by atoms with Crippen molar-refractivity contribution in [2.75, 3.05) is 5.75 Å². The third-order valence-electron chi connectivity index (χ3n) is 4.81. The predicted molar refractivity (Wildman–Crippen MR) is 61.3 cm³/mol. The van der Waals surface area contributed by atoms with Crippen molar-refractivity contribution in [3.05, 3.63) is 0 Å². The summed E-state index contributed by atoms with van der Waals surface area (Å²) in [6, 6.07) is 0. The van der Waals surface area contributed by atoms with Gasteiger partial charge in [-0.15, -0.1) is 0 Å². The summed E-state index contributed by atoms with van der Waals surface area (Å²) in [4.78, 5) is 0. The molecule has 2 fully saturated rings. The van der Waals surface area contributed by atoms with Crippen LogP contribution in [0, 0.1) is 11.3 Å². The van der Waals surface area contributed by atoms with Gasteiger partial charge >= 0.3 is 0 Å². The first-order valence-electron chi connectivity index (χ1n) is 5.56. The van der Waals surface area contributed by atoms with Crippen molar-refractivity contribution >= 4 is 9.84 Å². The van der Waals surface area contributed by atoms with Crippen molar-refractivity contribution in [3.8, 4) is 0 Å². The van der Waals surface area contributed by atoms with E-state index in [0.29, 0.717) is 5.75 Å². The normalized spacial score (nSPS) is 45.3. The number of hydrogen-bond acceptors (Lipinski definition) is 3. The van der Waals surface area contributed by atoms with Crippen LogP contribution >= 0.6 is 0 Å².